The van der Waals surface area contributed by atoms with Crippen molar-refractivity contribution in [1.82, 2.24) is 9.55 Å². The molecule has 9 nitrogen and oxygen atoms in total. The van der Waals surface area contributed by atoms with Crippen LogP contribution in [0.15, 0.2) is 6.33 Å². The number of rotatable bonds is 3. The van der Waals surface area contributed by atoms with E-state index < -0.39 is 37.1 Å². The smallest absolute Gasteiger partial charge is 0.269 e. The third kappa shape index (κ3) is 1.82. The van der Waals surface area contributed by atoms with Gasteiger partial charge in [-0.1, -0.05) is 0 Å². The Kier molecular flexibility index (Phi) is 3.22. The predicted octanol–water partition coefficient (Wildman–Crippen LogP) is -2.82. The number of ether oxygens (including phenoxy) is 1. The van der Waals surface area contributed by atoms with Crippen LogP contribution in [0, 0.1) is 0 Å². The lowest BCUT2D eigenvalue weighted by Crippen LogP contribution is -2.33. The van der Waals surface area contributed by atoms with Crippen molar-refractivity contribution in [3.63, 3.8) is 0 Å². The van der Waals surface area contributed by atoms with E-state index in [-0.39, 0.29) is 11.5 Å². The lowest BCUT2D eigenvalue weighted by molar-refractivity contribution is -0.0534. The number of aliphatic hydroxyl groups is 3. The number of nitrogens with zero attached hydrogens (tertiary/aromatic N) is 2. The van der Waals surface area contributed by atoms with E-state index in [1.54, 1.807) is 0 Å². The van der Waals surface area contributed by atoms with Gasteiger partial charge in [-0.05, 0) is 0 Å². The molecule has 4 atom stereocenters. The third-order valence-electron chi connectivity index (χ3n) is 2.85. The van der Waals surface area contributed by atoms with Crippen molar-refractivity contribution in [1.29, 1.82) is 0 Å². The van der Waals surface area contributed by atoms with Crippen molar-refractivity contribution in [2.75, 3.05) is 12.3 Å². The molecule has 100 valence electrons. The summed E-state index contributed by atoms with van der Waals surface area (Å²) in [5.41, 5.74) is 10.5. The number of imidazole rings is 1. The van der Waals surface area contributed by atoms with Crippen molar-refractivity contribution in [2.24, 2.45) is 5.73 Å². The molecule has 2 rings (SSSR count). The van der Waals surface area contributed by atoms with Gasteiger partial charge in [0.25, 0.3) is 5.91 Å². The van der Waals surface area contributed by atoms with Gasteiger partial charge >= 0.3 is 0 Å². The highest BCUT2D eigenvalue weighted by atomic mass is 16.6. The van der Waals surface area contributed by atoms with E-state index in [2.05, 4.69) is 4.98 Å². The zero-order valence-corrected chi connectivity index (χ0v) is 9.30. The maximum atomic E-state index is 11.2. The minimum Gasteiger partial charge on any atom is -0.394 e. The fraction of sp³-hybridized carbons (Fsp3) is 0.556. The van der Waals surface area contributed by atoms with E-state index in [9.17, 15) is 15.0 Å². The van der Waals surface area contributed by atoms with Gasteiger partial charge in [-0.15, -0.1) is 0 Å². The van der Waals surface area contributed by atoms with Crippen LogP contribution >= 0.6 is 0 Å². The first kappa shape index (κ1) is 12.8. The topological polar surface area (TPSA) is 157 Å². The Morgan fingerprint density at radius 3 is 2.67 bits per heavy atom. The summed E-state index contributed by atoms with van der Waals surface area (Å²) in [7, 11) is 0. The first-order valence-corrected chi connectivity index (χ1v) is 5.22. The van der Waals surface area contributed by atoms with E-state index in [0.717, 1.165) is 4.57 Å². The molecular formula is C9H14N4O5. The normalized spacial score (nSPS) is 31.7. The van der Waals surface area contributed by atoms with Gasteiger partial charge in [0.15, 0.2) is 17.7 Å². The third-order valence-corrected chi connectivity index (χ3v) is 2.85. The monoisotopic (exact) mass is 258 g/mol. The first-order valence-electron chi connectivity index (χ1n) is 5.22. The molecule has 1 aromatic rings. The fourth-order valence-electron chi connectivity index (χ4n) is 1.93. The second kappa shape index (κ2) is 4.53. The number of nitrogens with two attached hydrogens (primary N) is 2. The Morgan fingerprint density at radius 2 is 2.17 bits per heavy atom. The summed E-state index contributed by atoms with van der Waals surface area (Å²) in [5, 5.41) is 28.4. The van der Waals surface area contributed by atoms with E-state index in [1.165, 1.54) is 6.33 Å². The number of nitrogen functional groups attached to an aromatic ring is 1. The van der Waals surface area contributed by atoms with Gasteiger partial charge in [0.2, 0.25) is 0 Å². The zero-order chi connectivity index (χ0) is 13.4. The predicted molar refractivity (Wildman–Crippen MR) is 58.2 cm³/mol. The van der Waals surface area contributed by atoms with Gasteiger partial charge in [-0.3, -0.25) is 9.36 Å². The molecule has 1 fully saturated rings. The molecule has 0 unspecified atom stereocenters. The van der Waals surface area contributed by atoms with E-state index in [0.29, 0.717) is 0 Å². The number of aromatic nitrogens is 2. The molecule has 0 aromatic carbocycles. The highest BCUT2D eigenvalue weighted by molar-refractivity contribution is 5.95. The van der Waals surface area contributed by atoms with Gasteiger partial charge in [0, 0.05) is 0 Å². The summed E-state index contributed by atoms with van der Waals surface area (Å²) < 4.78 is 6.38. The van der Waals surface area contributed by atoms with Gasteiger partial charge in [0.1, 0.15) is 18.3 Å². The molecule has 1 saturated heterocycles. The Balaban J connectivity index is 2.36. The summed E-state index contributed by atoms with van der Waals surface area (Å²) in [6, 6.07) is 0. The molecular weight excluding hydrogens is 244 g/mol. The number of amides is 1. The van der Waals surface area contributed by atoms with Crippen LogP contribution in [0.25, 0.3) is 0 Å². The molecule has 0 saturated carbocycles. The van der Waals surface area contributed by atoms with Crippen molar-refractivity contribution < 1.29 is 24.9 Å². The van der Waals surface area contributed by atoms with Crippen molar-refractivity contribution >= 4 is 11.7 Å². The maximum absolute atomic E-state index is 11.2. The summed E-state index contributed by atoms with van der Waals surface area (Å²) in [5.74, 6) is -0.928. The Hall–Kier alpha value is -1.68. The Labute approximate surface area is 102 Å². The first-order chi connectivity index (χ1) is 8.47. The van der Waals surface area contributed by atoms with E-state index in [4.69, 9.17) is 21.3 Å². The van der Waals surface area contributed by atoms with Gasteiger partial charge in [-0.2, -0.15) is 0 Å². The zero-order valence-electron chi connectivity index (χ0n) is 9.30. The molecule has 2 heterocycles. The Bertz CT molecular complexity index is 462. The molecule has 0 radical (unpaired) electrons. The number of carbonyl (C=O) groups excluding carboxylic acids is 1. The van der Waals surface area contributed by atoms with Gasteiger partial charge in [0.05, 0.1) is 12.9 Å². The second-order valence-electron chi connectivity index (χ2n) is 3.98. The van der Waals surface area contributed by atoms with Crippen LogP contribution in [0.5, 0.6) is 0 Å². The van der Waals surface area contributed by atoms with Crippen LogP contribution in [0.4, 0.5) is 5.82 Å². The molecule has 1 aliphatic rings. The lowest BCUT2D eigenvalue weighted by Gasteiger charge is -2.17. The molecule has 1 amide bonds. The van der Waals surface area contributed by atoms with Crippen LogP contribution in [0.1, 0.15) is 16.7 Å². The molecule has 9 heteroatoms. The van der Waals surface area contributed by atoms with Crippen LogP contribution in [-0.4, -0.2) is 55.7 Å². The van der Waals surface area contributed by atoms with E-state index in [1.807, 2.05) is 0 Å². The van der Waals surface area contributed by atoms with E-state index >= 15 is 0 Å². The standard InChI is InChI=1S/C9H14N4O5/c10-7-4(8(11)17)13(2-12-7)9-6(16)5(15)3(1-14)18-9/h2-3,5-6,9,14-16H,1,10H2,(H2,11,17)/t3-,5+,6+,9+/m0/s1. The molecule has 7 N–H and O–H groups in total. The van der Waals surface area contributed by atoms with Crippen LogP contribution < -0.4 is 11.5 Å². The van der Waals surface area contributed by atoms with Crippen LogP contribution in [0.2, 0.25) is 0 Å². The number of hydrogen-bond acceptors (Lipinski definition) is 7. The average Bonchev–Trinajstić information content (AvgIpc) is 2.82. The van der Waals surface area contributed by atoms with Crippen LogP contribution in [-0.2, 0) is 4.74 Å². The quantitative estimate of drug-likeness (QED) is 0.391. The average molecular weight is 258 g/mol. The highest BCUT2D eigenvalue weighted by Crippen LogP contribution is 2.31. The number of primary amides is 1. The molecule has 0 aliphatic carbocycles. The second-order valence-corrected chi connectivity index (χ2v) is 3.98. The summed E-state index contributed by atoms with van der Waals surface area (Å²) in [6.45, 7) is -0.467. The molecule has 1 aliphatic heterocycles. The summed E-state index contributed by atoms with van der Waals surface area (Å²) >= 11 is 0. The largest absolute Gasteiger partial charge is 0.394 e. The van der Waals surface area contributed by atoms with Crippen molar-refractivity contribution in [2.45, 2.75) is 24.5 Å². The maximum Gasteiger partial charge on any atom is 0.269 e. The molecule has 0 bridgehead atoms. The number of carbonyl (C=O) groups is 1. The molecule has 0 spiro atoms. The van der Waals surface area contributed by atoms with Crippen LogP contribution in [0.3, 0.4) is 0 Å². The fourth-order valence-corrected chi connectivity index (χ4v) is 1.93. The van der Waals surface area contributed by atoms with Crippen molar-refractivity contribution in [3.05, 3.63) is 12.0 Å². The number of aliphatic hydroxyl groups excluding tert-OH is 3. The summed E-state index contributed by atoms with van der Waals surface area (Å²) in [4.78, 5) is 14.9. The van der Waals surface area contributed by atoms with Crippen molar-refractivity contribution in [3.8, 4) is 0 Å². The highest BCUT2D eigenvalue weighted by Gasteiger charge is 2.44. The summed E-state index contributed by atoms with van der Waals surface area (Å²) in [6.07, 6.45) is -3.45. The molecule has 1 aromatic heterocycles. The molecule has 18 heavy (non-hydrogen) atoms. The lowest BCUT2D eigenvalue weighted by atomic mass is 10.1. The minimum absolute atomic E-state index is 0.0970. The Morgan fingerprint density at radius 1 is 1.50 bits per heavy atom. The van der Waals surface area contributed by atoms with Gasteiger partial charge in [-0.25, -0.2) is 4.98 Å². The number of anilines is 1. The number of hydrogen-bond donors (Lipinski definition) is 5. The SMILES string of the molecule is NC(=O)c1c(N)ncn1[C@@H]1O[C@@H](CO)[C@@H](O)[C@H]1O. The van der Waals surface area contributed by atoms with Gasteiger partial charge < -0.3 is 31.5 Å². The minimum atomic E-state index is -1.33.